The fourth-order valence-corrected chi connectivity index (χ4v) is 1.98. The molecule has 0 saturated carbocycles. The predicted molar refractivity (Wildman–Crippen MR) is 85.2 cm³/mol. The van der Waals surface area contributed by atoms with Gasteiger partial charge < -0.3 is 9.47 Å². The summed E-state index contributed by atoms with van der Waals surface area (Å²) in [7, 11) is 1.43. The maximum Gasteiger partial charge on any atom is 0.343 e. The zero-order valence-electron chi connectivity index (χ0n) is 12.7. The Hall–Kier alpha value is -3.15. The van der Waals surface area contributed by atoms with Gasteiger partial charge in [0.25, 0.3) is 0 Å². The fraction of sp³-hybridized carbons (Fsp3) is 0.118. The molecule has 6 heteroatoms. The van der Waals surface area contributed by atoms with E-state index in [4.69, 9.17) is 9.47 Å². The van der Waals surface area contributed by atoms with Gasteiger partial charge in [-0.15, -0.1) is 0 Å². The van der Waals surface area contributed by atoms with E-state index in [1.54, 1.807) is 24.3 Å². The Morgan fingerprint density at radius 3 is 2.57 bits per heavy atom. The van der Waals surface area contributed by atoms with Crippen LogP contribution in [0, 0.1) is 17.0 Å². The van der Waals surface area contributed by atoms with Gasteiger partial charge in [-0.2, -0.15) is 0 Å². The van der Waals surface area contributed by atoms with Crippen LogP contribution in [-0.2, 0) is 0 Å². The number of aryl methyl sites for hydroxylation is 1. The van der Waals surface area contributed by atoms with E-state index in [0.717, 1.165) is 11.8 Å². The van der Waals surface area contributed by atoms with Crippen LogP contribution in [0.2, 0.25) is 0 Å². The van der Waals surface area contributed by atoms with Gasteiger partial charge in [-0.3, -0.25) is 10.1 Å². The summed E-state index contributed by atoms with van der Waals surface area (Å²) in [5.41, 5.74) is 1.84. The largest absolute Gasteiger partial charge is 0.493 e. The second-order valence-electron chi connectivity index (χ2n) is 4.72. The number of benzene rings is 2. The molecule has 0 N–H and O–H groups in total. The third kappa shape index (κ3) is 4.16. The first-order valence-corrected chi connectivity index (χ1v) is 6.79. The van der Waals surface area contributed by atoms with Crippen LogP contribution in [0.4, 0.5) is 0 Å². The van der Waals surface area contributed by atoms with Crippen LogP contribution in [0.1, 0.15) is 21.5 Å². The van der Waals surface area contributed by atoms with Crippen molar-refractivity contribution in [2.45, 2.75) is 6.92 Å². The van der Waals surface area contributed by atoms with Crippen LogP contribution < -0.4 is 9.47 Å². The molecule has 0 saturated heterocycles. The summed E-state index contributed by atoms with van der Waals surface area (Å²) < 4.78 is 10.5. The number of hydrogen-bond acceptors (Lipinski definition) is 5. The van der Waals surface area contributed by atoms with Crippen LogP contribution in [0.25, 0.3) is 6.08 Å². The molecular formula is C17H15NO5. The Balaban J connectivity index is 2.24. The number of carbonyl (C=O) groups is 1. The van der Waals surface area contributed by atoms with Crippen molar-refractivity contribution in [2.24, 2.45) is 0 Å². The van der Waals surface area contributed by atoms with Gasteiger partial charge in [-0.05, 0) is 36.2 Å². The van der Waals surface area contributed by atoms with Crippen LogP contribution in [-0.4, -0.2) is 18.0 Å². The van der Waals surface area contributed by atoms with E-state index in [1.807, 2.05) is 19.1 Å². The van der Waals surface area contributed by atoms with E-state index in [9.17, 15) is 14.9 Å². The number of esters is 1. The SMILES string of the molecule is COc1cc(C=C[N+](=O)[O-])ccc1OC(=O)c1ccccc1C. The number of ether oxygens (including phenoxy) is 2. The molecule has 0 bridgehead atoms. The summed E-state index contributed by atoms with van der Waals surface area (Å²) in [5, 5.41) is 10.3. The molecule has 6 nitrogen and oxygen atoms in total. The number of nitrogens with zero attached hydrogens (tertiary/aromatic N) is 1. The van der Waals surface area contributed by atoms with Crippen molar-refractivity contribution in [3.05, 3.63) is 75.5 Å². The monoisotopic (exact) mass is 313 g/mol. The topological polar surface area (TPSA) is 78.7 Å². The van der Waals surface area contributed by atoms with Crippen molar-refractivity contribution in [1.82, 2.24) is 0 Å². The van der Waals surface area contributed by atoms with Gasteiger partial charge in [0.1, 0.15) is 0 Å². The molecule has 0 unspecified atom stereocenters. The van der Waals surface area contributed by atoms with Gasteiger partial charge in [0.15, 0.2) is 11.5 Å². The first-order valence-electron chi connectivity index (χ1n) is 6.79. The van der Waals surface area contributed by atoms with Crippen LogP contribution in [0.5, 0.6) is 11.5 Å². The number of rotatable bonds is 5. The van der Waals surface area contributed by atoms with Gasteiger partial charge in [0.2, 0.25) is 6.20 Å². The molecule has 0 heterocycles. The summed E-state index contributed by atoms with van der Waals surface area (Å²) in [6, 6.07) is 11.8. The Bertz CT molecular complexity index is 767. The zero-order valence-corrected chi connectivity index (χ0v) is 12.7. The summed E-state index contributed by atoms with van der Waals surface area (Å²) >= 11 is 0. The Morgan fingerprint density at radius 1 is 1.17 bits per heavy atom. The van der Waals surface area contributed by atoms with Crippen LogP contribution in [0.3, 0.4) is 0 Å². The average Bonchev–Trinajstić information content (AvgIpc) is 2.54. The lowest BCUT2D eigenvalue weighted by atomic mass is 10.1. The van der Waals surface area contributed by atoms with E-state index in [-0.39, 0.29) is 5.75 Å². The van der Waals surface area contributed by atoms with Crippen molar-refractivity contribution in [3.8, 4) is 11.5 Å². The molecule has 0 aliphatic rings. The summed E-state index contributed by atoms with van der Waals surface area (Å²) in [5.74, 6) is 0.0754. The average molecular weight is 313 g/mol. The molecule has 23 heavy (non-hydrogen) atoms. The Labute approximate surface area is 133 Å². The van der Waals surface area contributed by atoms with E-state index >= 15 is 0 Å². The molecule has 0 aliphatic heterocycles. The van der Waals surface area contributed by atoms with Gasteiger partial charge >= 0.3 is 5.97 Å². The number of methoxy groups -OCH3 is 1. The highest BCUT2D eigenvalue weighted by molar-refractivity contribution is 5.92. The van der Waals surface area contributed by atoms with Crippen molar-refractivity contribution >= 4 is 12.0 Å². The van der Waals surface area contributed by atoms with Crippen molar-refractivity contribution in [1.29, 1.82) is 0 Å². The second-order valence-corrected chi connectivity index (χ2v) is 4.72. The highest BCUT2D eigenvalue weighted by Crippen LogP contribution is 2.29. The molecule has 0 aromatic heterocycles. The molecule has 0 radical (unpaired) electrons. The van der Waals surface area contributed by atoms with Crippen LogP contribution >= 0.6 is 0 Å². The molecule has 0 aliphatic carbocycles. The minimum Gasteiger partial charge on any atom is -0.493 e. The summed E-state index contributed by atoms with van der Waals surface area (Å²) in [6.07, 6.45) is 2.16. The smallest absolute Gasteiger partial charge is 0.343 e. The minimum absolute atomic E-state index is 0.249. The Morgan fingerprint density at radius 2 is 1.91 bits per heavy atom. The van der Waals surface area contributed by atoms with Gasteiger partial charge in [0, 0.05) is 6.08 Å². The molecule has 2 aromatic carbocycles. The molecule has 0 spiro atoms. The van der Waals surface area contributed by atoms with E-state index in [1.165, 1.54) is 19.3 Å². The lowest BCUT2D eigenvalue weighted by molar-refractivity contribution is -0.400. The maximum absolute atomic E-state index is 12.2. The highest BCUT2D eigenvalue weighted by Gasteiger charge is 2.14. The molecule has 2 rings (SSSR count). The molecule has 2 aromatic rings. The quantitative estimate of drug-likeness (QED) is 0.365. The van der Waals surface area contributed by atoms with E-state index < -0.39 is 10.9 Å². The van der Waals surface area contributed by atoms with Crippen LogP contribution in [0.15, 0.2) is 48.7 Å². The minimum atomic E-state index is -0.557. The molecule has 0 atom stereocenters. The summed E-state index contributed by atoms with van der Waals surface area (Å²) in [6.45, 7) is 1.82. The predicted octanol–water partition coefficient (Wildman–Crippen LogP) is 3.47. The van der Waals surface area contributed by atoms with Gasteiger partial charge in [-0.25, -0.2) is 4.79 Å². The zero-order chi connectivity index (χ0) is 16.8. The van der Waals surface area contributed by atoms with E-state index in [0.29, 0.717) is 16.9 Å². The fourth-order valence-electron chi connectivity index (χ4n) is 1.98. The lowest BCUT2D eigenvalue weighted by Crippen LogP contribution is -2.10. The third-order valence-electron chi connectivity index (χ3n) is 3.14. The highest BCUT2D eigenvalue weighted by atomic mass is 16.6. The third-order valence-corrected chi connectivity index (χ3v) is 3.14. The lowest BCUT2D eigenvalue weighted by Gasteiger charge is -2.10. The number of carbonyl (C=O) groups excluding carboxylic acids is 1. The first-order chi connectivity index (χ1) is 11.0. The molecule has 118 valence electrons. The Kier molecular flexibility index (Phi) is 5.09. The van der Waals surface area contributed by atoms with Gasteiger partial charge in [-0.1, -0.05) is 24.3 Å². The van der Waals surface area contributed by atoms with Crippen molar-refractivity contribution in [3.63, 3.8) is 0 Å². The van der Waals surface area contributed by atoms with Gasteiger partial charge in [0.05, 0.1) is 17.6 Å². The van der Waals surface area contributed by atoms with Crippen molar-refractivity contribution < 1.29 is 19.2 Å². The number of nitro groups is 1. The molecule has 0 fully saturated rings. The molecule has 0 amide bonds. The second kappa shape index (κ2) is 7.22. The standard InChI is InChI=1S/C17H15NO5/c1-12-5-3-4-6-14(12)17(19)23-15-8-7-13(9-10-18(20)21)11-16(15)22-2/h3-11H,1-2H3. The van der Waals surface area contributed by atoms with E-state index in [2.05, 4.69) is 0 Å². The molecular weight excluding hydrogens is 298 g/mol. The maximum atomic E-state index is 12.2. The normalized spacial score (nSPS) is 10.5. The number of hydrogen-bond donors (Lipinski definition) is 0. The first kappa shape index (κ1) is 16.2. The van der Waals surface area contributed by atoms with Crippen molar-refractivity contribution in [2.75, 3.05) is 7.11 Å². The summed E-state index contributed by atoms with van der Waals surface area (Å²) in [4.78, 5) is 22.0.